The molecular weight excluding hydrogens is 240 g/mol. The summed E-state index contributed by atoms with van der Waals surface area (Å²) < 4.78 is 0. The van der Waals surface area contributed by atoms with Crippen LogP contribution in [-0.4, -0.2) is 35.5 Å². The fourth-order valence-electron chi connectivity index (χ4n) is 2.62. The van der Waals surface area contributed by atoms with Crippen LogP contribution in [0.25, 0.3) is 0 Å². The first kappa shape index (κ1) is 13.8. The van der Waals surface area contributed by atoms with Gasteiger partial charge in [0.25, 0.3) is 0 Å². The Labute approximate surface area is 115 Å². The van der Waals surface area contributed by atoms with Gasteiger partial charge in [0, 0.05) is 41.7 Å². The van der Waals surface area contributed by atoms with Crippen LogP contribution < -0.4 is 5.73 Å². The first-order valence-corrected chi connectivity index (χ1v) is 7.72. The van der Waals surface area contributed by atoms with E-state index in [0.29, 0.717) is 0 Å². The van der Waals surface area contributed by atoms with Crippen LogP contribution in [0.15, 0.2) is 24.3 Å². The Balaban J connectivity index is 2.04. The normalized spacial score (nSPS) is 22.1. The second-order valence-corrected chi connectivity index (χ2v) is 7.47. The Morgan fingerprint density at radius 3 is 2.61 bits per heavy atom. The lowest BCUT2D eigenvalue weighted by Crippen LogP contribution is -2.43. The van der Waals surface area contributed by atoms with Crippen molar-refractivity contribution in [3.63, 3.8) is 0 Å². The van der Waals surface area contributed by atoms with Gasteiger partial charge in [-0.05, 0) is 17.7 Å². The van der Waals surface area contributed by atoms with E-state index in [1.54, 1.807) is 0 Å². The number of rotatable bonds is 3. The fourth-order valence-corrected chi connectivity index (χ4v) is 3.70. The van der Waals surface area contributed by atoms with Gasteiger partial charge in [0.2, 0.25) is 0 Å². The molecule has 1 saturated heterocycles. The summed E-state index contributed by atoms with van der Waals surface area (Å²) >= 11 is 2.09. The molecule has 0 saturated carbocycles. The van der Waals surface area contributed by atoms with Crippen LogP contribution in [0.1, 0.15) is 26.3 Å². The molecule has 0 aliphatic carbocycles. The molecule has 1 aromatic carbocycles. The van der Waals surface area contributed by atoms with E-state index in [-0.39, 0.29) is 5.41 Å². The summed E-state index contributed by atoms with van der Waals surface area (Å²) in [5.41, 5.74) is 8.17. The zero-order chi connectivity index (χ0) is 13.2. The maximum Gasteiger partial charge on any atom is 0.0314 e. The average molecular weight is 264 g/mol. The molecule has 0 bridgehead atoms. The molecule has 1 atom stereocenters. The highest BCUT2D eigenvalue weighted by Crippen LogP contribution is 2.27. The number of benzene rings is 1. The van der Waals surface area contributed by atoms with Gasteiger partial charge in [0.15, 0.2) is 0 Å². The van der Waals surface area contributed by atoms with Crippen molar-refractivity contribution in [2.24, 2.45) is 0 Å². The van der Waals surface area contributed by atoms with Crippen molar-refractivity contribution >= 4 is 17.4 Å². The van der Waals surface area contributed by atoms with Gasteiger partial charge in [-0.1, -0.05) is 32.9 Å². The third-order valence-electron chi connectivity index (χ3n) is 3.64. The number of hydrogen-bond acceptors (Lipinski definition) is 3. The van der Waals surface area contributed by atoms with Gasteiger partial charge in [-0.25, -0.2) is 0 Å². The Morgan fingerprint density at radius 2 is 2.00 bits per heavy atom. The summed E-state index contributed by atoms with van der Waals surface area (Å²) in [7, 11) is 0. The second-order valence-electron chi connectivity index (χ2n) is 5.92. The third kappa shape index (κ3) is 3.42. The van der Waals surface area contributed by atoms with Crippen molar-refractivity contribution in [1.82, 2.24) is 4.90 Å². The summed E-state index contributed by atoms with van der Waals surface area (Å²) in [6.07, 6.45) is 0. The zero-order valence-electron chi connectivity index (χ0n) is 11.6. The number of nitrogens with two attached hydrogens (primary N) is 1. The van der Waals surface area contributed by atoms with Crippen LogP contribution in [0.4, 0.5) is 5.69 Å². The Kier molecular flexibility index (Phi) is 4.23. The summed E-state index contributed by atoms with van der Waals surface area (Å²) in [6, 6.07) is 8.34. The largest absolute Gasteiger partial charge is 0.399 e. The average Bonchev–Trinajstić information content (AvgIpc) is 2.29. The molecule has 3 heteroatoms. The van der Waals surface area contributed by atoms with E-state index in [4.69, 9.17) is 5.73 Å². The maximum atomic E-state index is 5.76. The Bertz CT molecular complexity index is 386. The molecule has 2 nitrogen and oxygen atoms in total. The van der Waals surface area contributed by atoms with E-state index >= 15 is 0 Å². The third-order valence-corrected chi connectivity index (χ3v) is 4.77. The topological polar surface area (TPSA) is 29.3 Å². The monoisotopic (exact) mass is 264 g/mol. The molecule has 1 aliphatic rings. The van der Waals surface area contributed by atoms with Crippen LogP contribution in [0.3, 0.4) is 0 Å². The van der Waals surface area contributed by atoms with Crippen LogP contribution in [0, 0.1) is 0 Å². The van der Waals surface area contributed by atoms with Crippen molar-refractivity contribution in [3.05, 3.63) is 29.8 Å². The minimum Gasteiger partial charge on any atom is -0.399 e. The number of thioether (sulfide) groups is 1. The first-order valence-electron chi connectivity index (χ1n) is 6.67. The highest BCUT2D eigenvalue weighted by atomic mass is 32.2. The van der Waals surface area contributed by atoms with Crippen molar-refractivity contribution in [1.29, 1.82) is 0 Å². The molecule has 0 aromatic heterocycles. The molecule has 18 heavy (non-hydrogen) atoms. The molecule has 0 spiro atoms. The molecule has 2 rings (SSSR count). The Morgan fingerprint density at radius 1 is 1.33 bits per heavy atom. The summed E-state index contributed by atoms with van der Waals surface area (Å²) in [6.45, 7) is 10.5. The lowest BCUT2D eigenvalue weighted by atomic mass is 9.84. The van der Waals surface area contributed by atoms with E-state index in [9.17, 15) is 0 Å². The molecule has 2 N–H and O–H groups in total. The lowest BCUT2D eigenvalue weighted by Gasteiger charge is -2.37. The molecular formula is C15H24N2S. The van der Waals surface area contributed by atoms with Crippen LogP contribution in [0.5, 0.6) is 0 Å². The van der Waals surface area contributed by atoms with Crippen molar-refractivity contribution in [2.45, 2.75) is 31.4 Å². The summed E-state index contributed by atoms with van der Waals surface area (Å²) in [4.78, 5) is 2.59. The highest BCUT2D eigenvalue weighted by Gasteiger charge is 2.26. The molecule has 1 aromatic rings. The number of nitrogens with zero attached hydrogens (tertiary/aromatic N) is 1. The summed E-state index contributed by atoms with van der Waals surface area (Å²) in [5.74, 6) is 1.26. The minimum atomic E-state index is 0.190. The number of anilines is 1. The number of hydrogen-bond donors (Lipinski definition) is 1. The molecule has 100 valence electrons. The predicted octanol–water partition coefficient (Wildman–Crippen LogP) is 2.98. The van der Waals surface area contributed by atoms with Gasteiger partial charge in [-0.3, -0.25) is 0 Å². The van der Waals surface area contributed by atoms with Crippen molar-refractivity contribution in [3.8, 4) is 0 Å². The SMILES string of the molecule is CC1CN(CC(C)(C)c2ccc(N)cc2)CCS1. The lowest BCUT2D eigenvalue weighted by molar-refractivity contribution is 0.232. The maximum absolute atomic E-state index is 5.76. The first-order chi connectivity index (χ1) is 8.47. The van der Waals surface area contributed by atoms with Crippen LogP contribution >= 0.6 is 11.8 Å². The van der Waals surface area contributed by atoms with Gasteiger partial charge >= 0.3 is 0 Å². The van der Waals surface area contributed by atoms with Gasteiger partial charge in [-0.15, -0.1) is 0 Å². The summed E-state index contributed by atoms with van der Waals surface area (Å²) in [5, 5.41) is 0.765. The Hall–Kier alpha value is -0.670. The smallest absolute Gasteiger partial charge is 0.0314 e. The molecule has 0 radical (unpaired) electrons. The molecule has 1 heterocycles. The van der Waals surface area contributed by atoms with E-state index < -0.39 is 0 Å². The van der Waals surface area contributed by atoms with Gasteiger partial charge in [0.1, 0.15) is 0 Å². The molecule has 1 fully saturated rings. The van der Waals surface area contributed by atoms with Gasteiger partial charge in [0.05, 0.1) is 0 Å². The van der Waals surface area contributed by atoms with Gasteiger partial charge in [-0.2, -0.15) is 11.8 Å². The highest BCUT2D eigenvalue weighted by molar-refractivity contribution is 7.99. The van der Waals surface area contributed by atoms with E-state index in [1.807, 2.05) is 12.1 Å². The molecule has 1 aliphatic heterocycles. The molecule has 1 unspecified atom stereocenters. The zero-order valence-corrected chi connectivity index (χ0v) is 12.5. The van der Waals surface area contributed by atoms with Gasteiger partial charge < -0.3 is 10.6 Å². The van der Waals surface area contributed by atoms with Crippen LogP contribution in [0.2, 0.25) is 0 Å². The van der Waals surface area contributed by atoms with E-state index in [1.165, 1.54) is 24.4 Å². The van der Waals surface area contributed by atoms with E-state index in [0.717, 1.165) is 17.5 Å². The number of nitrogen functional groups attached to an aromatic ring is 1. The second kappa shape index (κ2) is 5.54. The molecule has 0 amide bonds. The van der Waals surface area contributed by atoms with Crippen molar-refractivity contribution in [2.75, 3.05) is 31.1 Å². The quantitative estimate of drug-likeness (QED) is 0.851. The van der Waals surface area contributed by atoms with E-state index in [2.05, 4.69) is 49.6 Å². The minimum absolute atomic E-state index is 0.190. The van der Waals surface area contributed by atoms with Crippen molar-refractivity contribution < 1.29 is 0 Å². The standard InChI is InChI=1S/C15H24N2S/c1-12-10-17(8-9-18-12)11-15(2,3)13-4-6-14(16)7-5-13/h4-7,12H,8-11,16H2,1-3H3. The fraction of sp³-hybridized carbons (Fsp3) is 0.600. The van der Waals surface area contributed by atoms with Crippen LogP contribution in [-0.2, 0) is 5.41 Å². The predicted molar refractivity (Wildman–Crippen MR) is 82.2 cm³/mol.